The summed E-state index contributed by atoms with van der Waals surface area (Å²) in [6.45, 7) is 2.50. The van der Waals surface area contributed by atoms with E-state index in [0.717, 1.165) is 35.3 Å². The molecule has 0 aromatic heterocycles. The Kier molecular flexibility index (Phi) is 4.63. The molecule has 4 amide bonds. The number of imide groups is 1. The van der Waals surface area contributed by atoms with Crippen LogP contribution >= 0.6 is 0 Å². The van der Waals surface area contributed by atoms with Crippen molar-refractivity contribution in [3.05, 3.63) is 35.4 Å². The maximum Gasteiger partial charge on any atom is 0.325 e. The molecule has 0 atom stereocenters. The summed E-state index contributed by atoms with van der Waals surface area (Å²) >= 11 is 0. The van der Waals surface area contributed by atoms with E-state index >= 15 is 0 Å². The fraction of sp³-hybridized carbons (Fsp3) is 0.550. The van der Waals surface area contributed by atoms with Crippen LogP contribution in [-0.4, -0.2) is 39.9 Å². The molecule has 2 heterocycles. The maximum absolute atomic E-state index is 12.9. The highest BCUT2D eigenvalue weighted by Crippen LogP contribution is 2.37. The number of carbonyl (C=O) groups is 3. The summed E-state index contributed by atoms with van der Waals surface area (Å²) in [5, 5.41) is 4.12. The quantitative estimate of drug-likeness (QED) is 0.828. The van der Waals surface area contributed by atoms with E-state index < -0.39 is 11.6 Å². The second kappa shape index (κ2) is 6.96. The molecule has 1 aromatic rings. The Morgan fingerprint density at radius 3 is 2.63 bits per heavy atom. The molecule has 0 bridgehead atoms. The number of hydrogen-bond donors (Lipinski definition) is 1. The molecule has 2 fully saturated rings. The van der Waals surface area contributed by atoms with Gasteiger partial charge in [-0.05, 0) is 42.7 Å². The van der Waals surface area contributed by atoms with Gasteiger partial charge in [0, 0.05) is 0 Å². The number of rotatable bonds is 3. The van der Waals surface area contributed by atoms with Gasteiger partial charge in [0.2, 0.25) is 0 Å². The monoisotopic (exact) mass is 371 g/mol. The van der Waals surface area contributed by atoms with Crippen molar-refractivity contribution in [1.82, 2.24) is 15.3 Å². The molecule has 1 N–H and O–H groups in total. The standard InChI is InChI=1S/C20H25N3O4/c1-2-14-7-9-20(10-8-14)18(25)22(19(26)21-20)12-17(24)23-11-15-5-3-4-6-16(15)13-27-23/h3-6,14H,2,7-13H2,1H3,(H,21,26). The van der Waals surface area contributed by atoms with Crippen molar-refractivity contribution >= 4 is 17.8 Å². The SMILES string of the molecule is CCC1CCC2(CC1)NC(=O)N(CC(=O)N1Cc3ccccc3CO1)C2=O. The molecule has 0 radical (unpaired) electrons. The summed E-state index contributed by atoms with van der Waals surface area (Å²) in [5.74, 6) is -0.0436. The van der Waals surface area contributed by atoms with Crippen LogP contribution in [0.25, 0.3) is 0 Å². The van der Waals surface area contributed by atoms with Crippen LogP contribution < -0.4 is 5.32 Å². The number of benzene rings is 1. The number of nitrogens with one attached hydrogen (secondary N) is 1. The molecule has 7 nitrogen and oxygen atoms in total. The van der Waals surface area contributed by atoms with Crippen molar-refractivity contribution in [3.63, 3.8) is 0 Å². The predicted octanol–water partition coefficient (Wildman–Crippen LogP) is 2.35. The van der Waals surface area contributed by atoms with Crippen LogP contribution in [0.5, 0.6) is 0 Å². The number of amides is 4. The molecule has 3 aliphatic rings. The van der Waals surface area contributed by atoms with Crippen molar-refractivity contribution in [3.8, 4) is 0 Å². The molecule has 0 unspecified atom stereocenters. The lowest BCUT2D eigenvalue weighted by Gasteiger charge is -2.34. The van der Waals surface area contributed by atoms with Crippen molar-refractivity contribution in [2.75, 3.05) is 6.54 Å². The average Bonchev–Trinajstić information content (AvgIpc) is 2.92. The zero-order chi connectivity index (χ0) is 19.0. The first-order valence-corrected chi connectivity index (χ1v) is 9.66. The molecule has 1 saturated heterocycles. The number of nitrogens with zero attached hydrogens (tertiary/aromatic N) is 2. The number of hydrogen-bond acceptors (Lipinski definition) is 4. The Hall–Kier alpha value is -2.41. The molecule has 2 aliphatic heterocycles. The van der Waals surface area contributed by atoms with Gasteiger partial charge in [-0.2, -0.15) is 0 Å². The van der Waals surface area contributed by atoms with E-state index in [1.165, 1.54) is 5.06 Å². The molecule has 4 rings (SSSR count). The summed E-state index contributed by atoms with van der Waals surface area (Å²) in [4.78, 5) is 44.6. The number of urea groups is 1. The molecule has 1 spiro atoms. The van der Waals surface area contributed by atoms with Crippen molar-refractivity contribution in [2.45, 2.75) is 57.7 Å². The lowest BCUT2D eigenvalue weighted by molar-refractivity contribution is -0.201. The Labute approximate surface area is 158 Å². The first-order valence-electron chi connectivity index (χ1n) is 9.66. The third kappa shape index (κ3) is 3.20. The van der Waals surface area contributed by atoms with E-state index in [1.54, 1.807) is 0 Å². The summed E-state index contributed by atoms with van der Waals surface area (Å²) in [6.07, 6.45) is 4.24. The fourth-order valence-electron chi connectivity index (χ4n) is 4.31. The van der Waals surface area contributed by atoms with Gasteiger partial charge in [-0.25, -0.2) is 9.86 Å². The molecule has 1 aliphatic carbocycles. The van der Waals surface area contributed by atoms with Crippen LogP contribution in [0.4, 0.5) is 4.79 Å². The van der Waals surface area contributed by atoms with Gasteiger partial charge in [-0.15, -0.1) is 0 Å². The van der Waals surface area contributed by atoms with Crippen molar-refractivity contribution in [1.29, 1.82) is 0 Å². The van der Waals surface area contributed by atoms with Gasteiger partial charge in [-0.3, -0.25) is 19.3 Å². The summed E-state index contributed by atoms with van der Waals surface area (Å²) in [7, 11) is 0. The topological polar surface area (TPSA) is 79.0 Å². The zero-order valence-electron chi connectivity index (χ0n) is 15.6. The normalized spacial score (nSPS) is 27.7. The second-order valence-corrected chi connectivity index (χ2v) is 7.73. The number of fused-ring (bicyclic) bond motifs is 1. The highest BCUT2D eigenvalue weighted by molar-refractivity contribution is 6.09. The van der Waals surface area contributed by atoms with E-state index in [4.69, 9.17) is 4.84 Å². The van der Waals surface area contributed by atoms with Crippen LogP contribution in [0.3, 0.4) is 0 Å². The highest BCUT2D eigenvalue weighted by atomic mass is 16.7. The molecular formula is C20H25N3O4. The smallest absolute Gasteiger partial charge is 0.323 e. The molecular weight excluding hydrogens is 346 g/mol. The Balaban J connectivity index is 1.42. The third-order valence-electron chi connectivity index (χ3n) is 6.16. The van der Waals surface area contributed by atoms with Gasteiger partial charge < -0.3 is 5.32 Å². The van der Waals surface area contributed by atoms with Crippen LogP contribution in [0.1, 0.15) is 50.2 Å². The number of hydroxylamine groups is 2. The van der Waals surface area contributed by atoms with E-state index in [9.17, 15) is 14.4 Å². The first-order chi connectivity index (χ1) is 13.0. The summed E-state index contributed by atoms with van der Waals surface area (Å²) in [6, 6.07) is 7.29. The van der Waals surface area contributed by atoms with E-state index in [-0.39, 0.29) is 18.4 Å². The van der Waals surface area contributed by atoms with Crippen LogP contribution in [-0.2, 0) is 27.6 Å². The first kappa shape index (κ1) is 18.0. The molecule has 27 heavy (non-hydrogen) atoms. The molecule has 1 saturated carbocycles. The van der Waals surface area contributed by atoms with Gasteiger partial charge in [0.25, 0.3) is 11.8 Å². The average molecular weight is 371 g/mol. The van der Waals surface area contributed by atoms with Crippen molar-refractivity contribution < 1.29 is 19.2 Å². The van der Waals surface area contributed by atoms with Crippen molar-refractivity contribution in [2.24, 2.45) is 5.92 Å². The number of carbonyl (C=O) groups excluding carboxylic acids is 3. The van der Waals surface area contributed by atoms with E-state index in [2.05, 4.69) is 12.2 Å². The van der Waals surface area contributed by atoms with Crippen LogP contribution in [0, 0.1) is 5.92 Å². The Bertz CT molecular complexity index is 770. The fourth-order valence-corrected chi connectivity index (χ4v) is 4.31. The Morgan fingerprint density at radius 2 is 1.93 bits per heavy atom. The molecule has 7 heteroatoms. The lowest BCUT2D eigenvalue weighted by Crippen LogP contribution is -2.50. The van der Waals surface area contributed by atoms with Gasteiger partial charge >= 0.3 is 6.03 Å². The van der Waals surface area contributed by atoms with E-state index in [1.807, 2.05) is 24.3 Å². The van der Waals surface area contributed by atoms with Gasteiger partial charge in [0.05, 0.1) is 6.54 Å². The van der Waals surface area contributed by atoms with Gasteiger partial charge in [-0.1, -0.05) is 37.6 Å². The highest BCUT2D eigenvalue weighted by Gasteiger charge is 2.52. The molecule has 144 valence electrons. The van der Waals surface area contributed by atoms with E-state index in [0.29, 0.717) is 31.9 Å². The maximum atomic E-state index is 12.9. The summed E-state index contributed by atoms with van der Waals surface area (Å²) < 4.78 is 0. The van der Waals surface area contributed by atoms with Crippen LogP contribution in [0.2, 0.25) is 0 Å². The second-order valence-electron chi connectivity index (χ2n) is 7.73. The molecule has 1 aromatic carbocycles. The predicted molar refractivity (Wildman–Crippen MR) is 97.0 cm³/mol. The van der Waals surface area contributed by atoms with Crippen LogP contribution in [0.15, 0.2) is 24.3 Å². The van der Waals surface area contributed by atoms with Gasteiger partial charge in [0.15, 0.2) is 0 Å². The van der Waals surface area contributed by atoms with Gasteiger partial charge in [0.1, 0.15) is 18.7 Å². The summed E-state index contributed by atoms with van der Waals surface area (Å²) in [5.41, 5.74) is 1.24. The minimum atomic E-state index is -0.821. The minimum absolute atomic E-state index is 0.271. The Morgan fingerprint density at radius 1 is 1.22 bits per heavy atom. The lowest BCUT2D eigenvalue weighted by atomic mass is 9.75. The zero-order valence-corrected chi connectivity index (χ0v) is 15.6. The third-order valence-corrected chi connectivity index (χ3v) is 6.16. The minimum Gasteiger partial charge on any atom is -0.323 e. The largest absolute Gasteiger partial charge is 0.325 e.